The number of aliphatic imine (C=N–C) groups is 1. The molecule has 0 saturated carbocycles. The summed E-state index contributed by atoms with van der Waals surface area (Å²) in [4.78, 5) is 18.6. The molecule has 0 fully saturated rings. The number of thioether (sulfide) groups is 1. The summed E-state index contributed by atoms with van der Waals surface area (Å²) in [5.41, 5.74) is 1.99. The molecule has 1 aromatic carbocycles. The second-order valence-corrected chi connectivity index (χ2v) is 5.92. The molecular weight excluding hydrogens is 304 g/mol. The molecule has 0 N–H and O–H groups in total. The van der Waals surface area contributed by atoms with E-state index in [1.54, 1.807) is 12.0 Å². The number of ether oxygens (including phenoxy) is 1. The number of nitrogens with zero attached hydrogens (tertiary/aromatic N) is 2. The minimum Gasteiger partial charge on any atom is -0.497 e. The third-order valence-corrected chi connectivity index (χ3v) is 4.81. The van der Waals surface area contributed by atoms with Crippen LogP contribution >= 0.6 is 24.0 Å². The second kappa shape index (κ2) is 5.61. The quantitative estimate of drug-likeness (QED) is 0.804. The molecule has 108 valence electrons. The highest BCUT2D eigenvalue weighted by Gasteiger charge is 2.40. The number of benzene rings is 1. The Hall–Kier alpha value is -1.66. The lowest BCUT2D eigenvalue weighted by Crippen LogP contribution is -2.44. The number of methoxy groups -OCH3 is 1. The van der Waals surface area contributed by atoms with Crippen LogP contribution in [0.5, 0.6) is 5.75 Å². The lowest BCUT2D eigenvalue weighted by Gasteiger charge is -2.28. The number of thiocarbonyl (C=S) groups is 1. The molecule has 0 aromatic heterocycles. The van der Waals surface area contributed by atoms with Crippen LogP contribution in [0.15, 0.2) is 34.7 Å². The summed E-state index contributed by atoms with van der Waals surface area (Å²) in [6, 6.07) is 7.71. The van der Waals surface area contributed by atoms with Gasteiger partial charge in [-0.1, -0.05) is 23.9 Å². The van der Waals surface area contributed by atoms with E-state index in [4.69, 9.17) is 17.0 Å². The molecule has 3 rings (SSSR count). The van der Waals surface area contributed by atoms with Gasteiger partial charge in [0.1, 0.15) is 11.7 Å². The summed E-state index contributed by atoms with van der Waals surface area (Å²) in [5.74, 6) is 0.486. The van der Waals surface area contributed by atoms with Gasteiger partial charge in [0.15, 0.2) is 0 Å². The van der Waals surface area contributed by atoms with E-state index in [-0.39, 0.29) is 11.8 Å². The molecule has 1 atom stereocenters. The van der Waals surface area contributed by atoms with Gasteiger partial charge in [-0.05, 0) is 47.8 Å². The van der Waals surface area contributed by atoms with Gasteiger partial charge in [-0.15, -0.1) is 0 Å². The molecule has 6 heteroatoms. The van der Waals surface area contributed by atoms with Crippen molar-refractivity contribution in [1.82, 2.24) is 4.90 Å². The monoisotopic (exact) mass is 318 g/mol. The van der Waals surface area contributed by atoms with Gasteiger partial charge in [0.05, 0.1) is 12.2 Å². The van der Waals surface area contributed by atoms with Crippen LogP contribution in [0.4, 0.5) is 0 Å². The van der Waals surface area contributed by atoms with E-state index in [0.717, 1.165) is 21.9 Å². The Bertz CT molecular complexity index is 665. The number of carbonyl (C=O) groups is 1. The van der Waals surface area contributed by atoms with Crippen molar-refractivity contribution in [3.63, 3.8) is 0 Å². The highest BCUT2D eigenvalue weighted by Crippen LogP contribution is 2.41. The van der Waals surface area contributed by atoms with Crippen LogP contribution in [0.3, 0.4) is 0 Å². The minimum absolute atomic E-state index is 0.0135. The molecule has 0 saturated heterocycles. The fourth-order valence-corrected chi connectivity index (χ4v) is 3.83. The van der Waals surface area contributed by atoms with Gasteiger partial charge in [0.25, 0.3) is 0 Å². The fraction of sp³-hybridized carbons (Fsp3) is 0.267. The zero-order chi connectivity index (χ0) is 15.0. The van der Waals surface area contributed by atoms with Crippen LogP contribution in [0.2, 0.25) is 0 Å². The van der Waals surface area contributed by atoms with Gasteiger partial charge < -0.3 is 4.74 Å². The van der Waals surface area contributed by atoms with Gasteiger partial charge in [-0.2, -0.15) is 0 Å². The van der Waals surface area contributed by atoms with E-state index >= 15 is 0 Å². The molecule has 2 aliphatic heterocycles. The maximum absolute atomic E-state index is 12.6. The number of rotatable bonds is 3. The molecule has 0 spiro atoms. The first-order valence-electron chi connectivity index (χ1n) is 6.60. The maximum atomic E-state index is 12.6. The maximum Gasteiger partial charge on any atom is 0.243 e. The predicted octanol–water partition coefficient (Wildman–Crippen LogP) is 2.94. The third kappa shape index (κ3) is 2.38. The van der Waals surface area contributed by atoms with Gasteiger partial charge in [-0.3, -0.25) is 9.69 Å². The van der Waals surface area contributed by atoms with Crippen molar-refractivity contribution in [2.24, 2.45) is 10.9 Å². The lowest BCUT2D eigenvalue weighted by molar-refractivity contribution is -0.128. The Kier molecular flexibility index (Phi) is 3.82. The number of carbonyl (C=O) groups excluding carboxylic acids is 1. The Morgan fingerprint density at radius 1 is 1.38 bits per heavy atom. The molecule has 1 amide bonds. The first-order chi connectivity index (χ1) is 10.2. The zero-order valence-electron chi connectivity index (χ0n) is 11.7. The number of hydrogen-bond donors (Lipinski definition) is 0. The lowest BCUT2D eigenvalue weighted by atomic mass is 9.92. The number of hydrogen-bond acceptors (Lipinski definition) is 4. The number of amides is 1. The van der Waals surface area contributed by atoms with Crippen LogP contribution in [-0.2, 0) is 4.79 Å². The van der Waals surface area contributed by atoms with Crippen molar-refractivity contribution < 1.29 is 9.53 Å². The second-order valence-electron chi connectivity index (χ2n) is 4.67. The van der Waals surface area contributed by atoms with Gasteiger partial charge in [-0.25, -0.2) is 4.99 Å². The van der Waals surface area contributed by atoms with Crippen molar-refractivity contribution in [2.45, 2.75) is 6.92 Å². The molecule has 21 heavy (non-hydrogen) atoms. The van der Waals surface area contributed by atoms with E-state index < -0.39 is 0 Å². The van der Waals surface area contributed by atoms with Crippen molar-refractivity contribution >= 4 is 45.6 Å². The Labute approximate surface area is 132 Å². The van der Waals surface area contributed by atoms with Crippen LogP contribution in [0, 0.1) is 5.92 Å². The van der Waals surface area contributed by atoms with E-state index in [9.17, 15) is 4.79 Å². The van der Waals surface area contributed by atoms with Crippen LogP contribution < -0.4 is 4.74 Å². The van der Waals surface area contributed by atoms with Crippen molar-refractivity contribution in [2.75, 3.05) is 13.7 Å². The van der Waals surface area contributed by atoms with E-state index in [0.29, 0.717) is 11.7 Å². The Balaban J connectivity index is 1.96. The van der Waals surface area contributed by atoms with E-state index in [2.05, 4.69) is 4.99 Å². The predicted molar refractivity (Wildman–Crippen MR) is 89.5 cm³/mol. The largest absolute Gasteiger partial charge is 0.497 e. The minimum atomic E-state index is -0.324. The SMILES string of the molecule is CCN1C(=O)C2C(c3ccc(OC)cc3)=CSC2=NC1=S. The standard InChI is InChI=1S/C15H14N2O2S2/c1-3-17-14(18)12-11(8-21-13(12)16-15(17)20)9-4-6-10(19-2)7-5-9/h4-8,12H,3H2,1-2H3. The van der Waals surface area contributed by atoms with Gasteiger partial charge >= 0.3 is 0 Å². The zero-order valence-corrected chi connectivity index (χ0v) is 13.3. The number of fused-ring (bicyclic) bond motifs is 1. The topological polar surface area (TPSA) is 41.9 Å². The molecule has 0 bridgehead atoms. The average molecular weight is 318 g/mol. The van der Waals surface area contributed by atoms with Crippen LogP contribution in [-0.4, -0.2) is 34.6 Å². The summed E-state index contributed by atoms with van der Waals surface area (Å²) >= 11 is 6.66. The molecule has 1 unspecified atom stereocenters. The van der Waals surface area contributed by atoms with Crippen molar-refractivity contribution in [3.05, 3.63) is 35.2 Å². The molecule has 0 radical (unpaired) electrons. The van der Waals surface area contributed by atoms with Gasteiger partial charge in [0, 0.05) is 6.54 Å². The van der Waals surface area contributed by atoms with E-state index in [1.807, 2.05) is 36.6 Å². The third-order valence-electron chi connectivity index (χ3n) is 3.55. The molecule has 2 aliphatic rings. The molecule has 2 heterocycles. The average Bonchev–Trinajstić information content (AvgIpc) is 2.91. The van der Waals surface area contributed by atoms with E-state index in [1.165, 1.54) is 11.8 Å². The summed E-state index contributed by atoms with van der Waals surface area (Å²) in [6.45, 7) is 2.45. The Morgan fingerprint density at radius 2 is 2.10 bits per heavy atom. The first kappa shape index (κ1) is 14.3. The summed E-state index contributed by atoms with van der Waals surface area (Å²) < 4.78 is 5.17. The molecule has 1 aromatic rings. The first-order valence-corrected chi connectivity index (χ1v) is 7.89. The summed E-state index contributed by atoms with van der Waals surface area (Å²) in [5, 5.41) is 3.14. The molecular formula is C15H14N2O2S2. The van der Waals surface area contributed by atoms with Crippen molar-refractivity contribution in [1.29, 1.82) is 0 Å². The van der Waals surface area contributed by atoms with Crippen LogP contribution in [0.25, 0.3) is 5.57 Å². The highest BCUT2D eigenvalue weighted by atomic mass is 32.2. The van der Waals surface area contributed by atoms with Gasteiger partial charge in [0.2, 0.25) is 11.0 Å². The normalized spacial score (nSPS) is 21.0. The smallest absolute Gasteiger partial charge is 0.243 e. The Morgan fingerprint density at radius 3 is 2.71 bits per heavy atom. The summed E-state index contributed by atoms with van der Waals surface area (Å²) in [6.07, 6.45) is 0. The fourth-order valence-electron chi connectivity index (χ4n) is 2.44. The molecule has 0 aliphatic carbocycles. The summed E-state index contributed by atoms with van der Waals surface area (Å²) in [7, 11) is 1.63. The highest BCUT2D eigenvalue weighted by molar-refractivity contribution is 8.17. The molecule has 4 nitrogen and oxygen atoms in total. The van der Waals surface area contributed by atoms with Crippen LogP contribution in [0.1, 0.15) is 12.5 Å². The van der Waals surface area contributed by atoms with Crippen molar-refractivity contribution in [3.8, 4) is 5.75 Å².